The van der Waals surface area contributed by atoms with Crippen molar-refractivity contribution in [1.29, 1.82) is 0 Å². The largest absolute Gasteiger partial charge is 0.330 e. The first-order valence-electron chi connectivity index (χ1n) is 6.13. The Hall–Kier alpha value is -0.920. The van der Waals surface area contributed by atoms with Gasteiger partial charge in [-0.05, 0) is 39.3 Å². The van der Waals surface area contributed by atoms with Gasteiger partial charge in [0.15, 0.2) is 0 Å². The molecule has 0 aliphatic rings. The van der Waals surface area contributed by atoms with Crippen LogP contribution in [-0.2, 0) is 16.6 Å². The smallest absolute Gasteiger partial charge is 0.211 e. The van der Waals surface area contributed by atoms with Crippen LogP contribution in [0.15, 0.2) is 6.07 Å². The Kier molecular flexibility index (Phi) is 5.77. The minimum atomic E-state index is -3.16. The molecule has 6 nitrogen and oxygen atoms in total. The monoisotopic (exact) mass is 274 g/mol. The van der Waals surface area contributed by atoms with E-state index >= 15 is 0 Å². The third kappa shape index (κ3) is 5.16. The zero-order valence-corrected chi connectivity index (χ0v) is 11.8. The summed E-state index contributed by atoms with van der Waals surface area (Å²) >= 11 is 0. The SMILES string of the molecule is Cc1cc(C)n(CCCNS(=O)(=O)CCCN)n1. The second kappa shape index (κ2) is 6.86. The molecule has 18 heavy (non-hydrogen) atoms. The molecule has 0 atom stereocenters. The number of aryl methyl sites for hydroxylation is 3. The molecule has 0 aliphatic heterocycles. The maximum atomic E-state index is 11.5. The summed E-state index contributed by atoms with van der Waals surface area (Å²) < 4.78 is 27.4. The highest BCUT2D eigenvalue weighted by molar-refractivity contribution is 7.89. The fraction of sp³-hybridized carbons (Fsp3) is 0.727. The average molecular weight is 274 g/mol. The number of nitrogens with zero attached hydrogens (tertiary/aromatic N) is 2. The fourth-order valence-electron chi connectivity index (χ4n) is 1.70. The summed E-state index contributed by atoms with van der Waals surface area (Å²) in [6.45, 7) is 5.49. The van der Waals surface area contributed by atoms with Gasteiger partial charge in [0.05, 0.1) is 11.4 Å². The summed E-state index contributed by atoms with van der Waals surface area (Å²) in [6, 6.07) is 2.01. The maximum Gasteiger partial charge on any atom is 0.211 e. The zero-order chi connectivity index (χ0) is 13.6. The van der Waals surface area contributed by atoms with E-state index in [0.717, 1.165) is 24.4 Å². The van der Waals surface area contributed by atoms with Crippen LogP contribution in [0, 0.1) is 13.8 Å². The van der Waals surface area contributed by atoms with Gasteiger partial charge in [0.2, 0.25) is 10.0 Å². The number of hydrogen-bond donors (Lipinski definition) is 2. The zero-order valence-electron chi connectivity index (χ0n) is 11.0. The van der Waals surface area contributed by atoms with Crippen molar-refractivity contribution < 1.29 is 8.42 Å². The Bertz CT molecular complexity index is 467. The van der Waals surface area contributed by atoms with E-state index in [0.29, 0.717) is 19.5 Å². The summed E-state index contributed by atoms with van der Waals surface area (Å²) in [4.78, 5) is 0. The average Bonchev–Trinajstić information content (AvgIpc) is 2.61. The van der Waals surface area contributed by atoms with E-state index in [1.165, 1.54) is 0 Å². The lowest BCUT2D eigenvalue weighted by Crippen LogP contribution is -2.29. The highest BCUT2D eigenvalue weighted by Gasteiger charge is 2.08. The van der Waals surface area contributed by atoms with Gasteiger partial charge in [0.1, 0.15) is 0 Å². The predicted molar refractivity (Wildman–Crippen MR) is 71.8 cm³/mol. The van der Waals surface area contributed by atoms with Crippen LogP contribution < -0.4 is 10.5 Å². The molecular weight excluding hydrogens is 252 g/mol. The van der Waals surface area contributed by atoms with E-state index in [9.17, 15) is 8.42 Å². The molecule has 1 aromatic heterocycles. The minimum absolute atomic E-state index is 0.101. The number of nitrogens with one attached hydrogen (secondary N) is 1. The molecule has 3 N–H and O–H groups in total. The van der Waals surface area contributed by atoms with Gasteiger partial charge in [-0.25, -0.2) is 13.1 Å². The van der Waals surface area contributed by atoms with E-state index < -0.39 is 10.0 Å². The van der Waals surface area contributed by atoms with Gasteiger partial charge in [-0.2, -0.15) is 5.10 Å². The van der Waals surface area contributed by atoms with Crippen LogP contribution in [0.1, 0.15) is 24.2 Å². The van der Waals surface area contributed by atoms with Crippen molar-refractivity contribution >= 4 is 10.0 Å². The third-order valence-corrected chi connectivity index (χ3v) is 4.06. The molecule has 1 aromatic rings. The van der Waals surface area contributed by atoms with Crippen molar-refractivity contribution in [2.24, 2.45) is 5.73 Å². The van der Waals surface area contributed by atoms with Gasteiger partial charge in [0, 0.05) is 18.8 Å². The molecule has 0 amide bonds. The van der Waals surface area contributed by atoms with Crippen LogP contribution in [-0.4, -0.2) is 37.0 Å². The lowest BCUT2D eigenvalue weighted by molar-refractivity contribution is 0.543. The van der Waals surface area contributed by atoms with Gasteiger partial charge < -0.3 is 5.73 Å². The standard InChI is InChI=1S/C11H22N4O2S/c1-10-9-11(2)15(14-10)7-4-6-13-18(16,17)8-3-5-12/h9,13H,3-8,12H2,1-2H3. The topological polar surface area (TPSA) is 90.0 Å². The quantitative estimate of drug-likeness (QED) is 0.661. The van der Waals surface area contributed by atoms with Crippen LogP contribution in [0.25, 0.3) is 0 Å². The molecule has 0 spiro atoms. The van der Waals surface area contributed by atoms with Crippen LogP contribution in [0.2, 0.25) is 0 Å². The van der Waals surface area contributed by atoms with Crippen LogP contribution in [0.3, 0.4) is 0 Å². The third-order valence-electron chi connectivity index (χ3n) is 2.59. The van der Waals surface area contributed by atoms with Crippen LogP contribution in [0.4, 0.5) is 0 Å². The number of rotatable bonds is 8. The molecule has 1 heterocycles. The highest BCUT2D eigenvalue weighted by atomic mass is 32.2. The van der Waals surface area contributed by atoms with Crippen LogP contribution in [0.5, 0.6) is 0 Å². The molecule has 0 aromatic carbocycles. The Labute approximate surface area is 109 Å². The van der Waals surface area contributed by atoms with Crippen molar-refractivity contribution in [2.45, 2.75) is 33.2 Å². The number of nitrogens with two attached hydrogens (primary N) is 1. The first-order chi connectivity index (χ1) is 8.44. The van der Waals surface area contributed by atoms with E-state index in [-0.39, 0.29) is 5.75 Å². The molecule has 104 valence electrons. The van der Waals surface area contributed by atoms with E-state index in [2.05, 4.69) is 9.82 Å². The first-order valence-corrected chi connectivity index (χ1v) is 7.78. The number of sulfonamides is 1. The normalized spacial score (nSPS) is 11.9. The minimum Gasteiger partial charge on any atom is -0.330 e. The molecule has 0 fully saturated rings. The van der Waals surface area contributed by atoms with E-state index in [1.54, 1.807) is 0 Å². The molecule has 0 saturated carbocycles. The second-order valence-corrected chi connectivity index (χ2v) is 6.29. The summed E-state index contributed by atoms with van der Waals surface area (Å²) in [5, 5.41) is 4.32. The Morgan fingerprint density at radius 3 is 2.67 bits per heavy atom. The lowest BCUT2D eigenvalue weighted by atomic mass is 10.4. The molecule has 0 radical (unpaired) electrons. The van der Waals surface area contributed by atoms with E-state index in [1.807, 2.05) is 24.6 Å². The molecule has 0 bridgehead atoms. The molecular formula is C11H22N4O2S. The summed E-state index contributed by atoms with van der Waals surface area (Å²) in [5.74, 6) is 0.101. The fourth-order valence-corrected chi connectivity index (χ4v) is 2.85. The van der Waals surface area contributed by atoms with Crippen molar-refractivity contribution in [3.63, 3.8) is 0 Å². The van der Waals surface area contributed by atoms with E-state index in [4.69, 9.17) is 5.73 Å². The molecule has 7 heteroatoms. The predicted octanol–water partition coefficient (Wildman–Crippen LogP) is 0.158. The number of aromatic nitrogens is 2. The van der Waals surface area contributed by atoms with Gasteiger partial charge in [-0.15, -0.1) is 0 Å². The second-order valence-electron chi connectivity index (χ2n) is 4.36. The summed E-state index contributed by atoms with van der Waals surface area (Å²) in [5.41, 5.74) is 7.36. The molecule has 0 aliphatic carbocycles. The Morgan fingerprint density at radius 1 is 1.39 bits per heavy atom. The van der Waals surface area contributed by atoms with Crippen molar-refractivity contribution in [2.75, 3.05) is 18.8 Å². The molecule has 0 saturated heterocycles. The van der Waals surface area contributed by atoms with Crippen molar-refractivity contribution in [3.8, 4) is 0 Å². The summed E-state index contributed by atoms with van der Waals surface area (Å²) in [7, 11) is -3.16. The van der Waals surface area contributed by atoms with Crippen LogP contribution >= 0.6 is 0 Å². The highest BCUT2D eigenvalue weighted by Crippen LogP contribution is 2.02. The Morgan fingerprint density at radius 2 is 2.11 bits per heavy atom. The van der Waals surface area contributed by atoms with Gasteiger partial charge in [-0.1, -0.05) is 0 Å². The van der Waals surface area contributed by atoms with Crippen molar-refractivity contribution in [1.82, 2.24) is 14.5 Å². The molecule has 1 rings (SSSR count). The maximum absolute atomic E-state index is 11.5. The molecule has 0 unspecified atom stereocenters. The van der Waals surface area contributed by atoms with Gasteiger partial charge in [0.25, 0.3) is 0 Å². The Balaban J connectivity index is 2.28. The lowest BCUT2D eigenvalue weighted by Gasteiger charge is -2.07. The first kappa shape index (κ1) is 15.1. The van der Waals surface area contributed by atoms with Gasteiger partial charge >= 0.3 is 0 Å². The summed E-state index contributed by atoms with van der Waals surface area (Å²) in [6.07, 6.45) is 1.22. The number of hydrogen-bond acceptors (Lipinski definition) is 4. The van der Waals surface area contributed by atoms with Gasteiger partial charge in [-0.3, -0.25) is 4.68 Å². The van der Waals surface area contributed by atoms with Crippen molar-refractivity contribution in [3.05, 3.63) is 17.5 Å².